The highest BCUT2D eigenvalue weighted by Gasteiger charge is 2.23. The minimum Gasteiger partial charge on any atom is -0.309 e. The maximum atomic E-state index is 10.7. The molecule has 9 aromatic rings. The fraction of sp³-hybridized carbons (Fsp3) is 0. The molecule has 0 atom stereocenters. The Morgan fingerprint density at radius 2 is 0.939 bits per heavy atom. The highest BCUT2D eigenvalue weighted by Crippen LogP contribution is 2.47. The van der Waals surface area contributed by atoms with Gasteiger partial charge in [-0.25, -0.2) is 0 Å². The number of benzene rings is 8. The van der Waals surface area contributed by atoms with Gasteiger partial charge in [0.15, 0.2) is 0 Å². The van der Waals surface area contributed by atoms with Gasteiger partial charge in [-0.3, -0.25) is 0 Å². The molecule has 0 aliphatic carbocycles. The van der Waals surface area contributed by atoms with Crippen LogP contribution >= 0.6 is 0 Å². The summed E-state index contributed by atoms with van der Waals surface area (Å²) in [5, 5.41) is 27.1. The Balaban J connectivity index is 1.41. The van der Waals surface area contributed by atoms with Crippen molar-refractivity contribution in [3.63, 3.8) is 0 Å². The summed E-state index contributed by atoms with van der Waals surface area (Å²) in [6, 6.07) is 61.4. The van der Waals surface area contributed by atoms with Crippen LogP contribution in [0.25, 0.3) is 82.4 Å². The number of fused-ring (bicyclic) bond motifs is 5. The number of aromatic nitrogens is 1. The van der Waals surface area contributed by atoms with Crippen molar-refractivity contribution < 1.29 is 0 Å². The van der Waals surface area contributed by atoms with Crippen LogP contribution in [0.4, 0.5) is 0 Å². The van der Waals surface area contributed by atoms with E-state index in [2.05, 4.69) is 138 Å². The van der Waals surface area contributed by atoms with E-state index in [-0.39, 0.29) is 0 Å². The Kier molecular flexibility index (Phi) is 6.58. The summed E-state index contributed by atoms with van der Waals surface area (Å²) in [5.74, 6) is 0. The van der Waals surface area contributed by atoms with Crippen molar-refractivity contribution >= 4 is 43.4 Å². The van der Waals surface area contributed by atoms with E-state index in [9.17, 15) is 10.5 Å². The molecule has 9 rings (SSSR count). The number of hydrogen-bond acceptors (Lipinski definition) is 2. The molecule has 0 amide bonds. The van der Waals surface area contributed by atoms with Gasteiger partial charge in [-0.05, 0) is 85.8 Å². The zero-order valence-electron chi connectivity index (χ0n) is 26.4. The summed E-state index contributed by atoms with van der Waals surface area (Å²) in [5.41, 5.74) is 10.6. The molecule has 226 valence electrons. The first-order valence-corrected chi connectivity index (χ1v) is 16.3. The van der Waals surface area contributed by atoms with E-state index >= 15 is 0 Å². The van der Waals surface area contributed by atoms with Crippen LogP contribution in [0.5, 0.6) is 0 Å². The number of nitrogens with zero attached hydrogens (tertiary/aromatic N) is 3. The maximum Gasteiger partial charge on any atom is 0.0998 e. The molecule has 3 nitrogen and oxygen atoms in total. The molecule has 0 spiro atoms. The third-order valence-corrected chi connectivity index (χ3v) is 9.67. The molecule has 3 heteroatoms. The maximum absolute atomic E-state index is 10.7. The second kappa shape index (κ2) is 11.4. The van der Waals surface area contributed by atoms with E-state index in [1.807, 2.05) is 42.5 Å². The zero-order valence-corrected chi connectivity index (χ0v) is 26.4. The van der Waals surface area contributed by atoms with Crippen LogP contribution < -0.4 is 0 Å². The van der Waals surface area contributed by atoms with E-state index in [4.69, 9.17) is 0 Å². The van der Waals surface area contributed by atoms with Gasteiger partial charge < -0.3 is 4.57 Å². The van der Waals surface area contributed by atoms with Crippen LogP contribution in [0, 0.1) is 22.7 Å². The molecule has 0 aliphatic rings. The molecular formula is C46H27N3. The van der Waals surface area contributed by atoms with Gasteiger partial charge in [0, 0.05) is 16.3 Å². The first kappa shape index (κ1) is 28.3. The van der Waals surface area contributed by atoms with Crippen LogP contribution in [0.15, 0.2) is 164 Å². The highest BCUT2D eigenvalue weighted by atomic mass is 15.0. The van der Waals surface area contributed by atoms with Gasteiger partial charge in [-0.1, -0.05) is 127 Å². The highest BCUT2D eigenvalue weighted by molar-refractivity contribution is 6.22. The van der Waals surface area contributed by atoms with Crippen molar-refractivity contribution in [2.75, 3.05) is 0 Å². The Hall–Kier alpha value is -6.94. The Morgan fingerprint density at radius 1 is 0.388 bits per heavy atom. The van der Waals surface area contributed by atoms with Gasteiger partial charge in [0.2, 0.25) is 0 Å². The molecule has 0 unspecified atom stereocenters. The molecule has 0 radical (unpaired) electrons. The Bertz CT molecular complexity index is 2790. The van der Waals surface area contributed by atoms with Crippen molar-refractivity contribution in [3.8, 4) is 51.2 Å². The Labute approximate surface area is 283 Å². The third kappa shape index (κ3) is 4.35. The molecule has 49 heavy (non-hydrogen) atoms. The molecule has 8 aromatic carbocycles. The van der Waals surface area contributed by atoms with Crippen LogP contribution in [0.3, 0.4) is 0 Å². The standard InChI is InChI=1S/C46H27N3/c47-28-30-25-26-42-40(27-30)33-16-10-11-23-41(33)49(42)43-24-12-15-32(29-48)45(43)36-19-6-9-22-39(36)46-37-20-7-4-17-34(37)44(31-13-2-1-3-14-31)35-18-5-8-21-38(35)46/h1-27H. The third-order valence-electron chi connectivity index (χ3n) is 9.67. The van der Waals surface area contributed by atoms with E-state index < -0.39 is 0 Å². The summed E-state index contributed by atoms with van der Waals surface area (Å²) in [7, 11) is 0. The predicted molar refractivity (Wildman–Crippen MR) is 202 cm³/mol. The molecule has 1 aromatic heterocycles. The fourth-order valence-corrected chi connectivity index (χ4v) is 7.66. The predicted octanol–water partition coefficient (Wildman–Crippen LogP) is 11.8. The van der Waals surface area contributed by atoms with Gasteiger partial charge in [0.05, 0.1) is 40.0 Å². The molecule has 0 fully saturated rings. The minimum absolute atomic E-state index is 0.596. The monoisotopic (exact) mass is 621 g/mol. The lowest BCUT2D eigenvalue weighted by Crippen LogP contribution is -2.01. The van der Waals surface area contributed by atoms with Crippen molar-refractivity contribution in [3.05, 3.63) is 175 Å². The number of rotatable bonds is 4. The van der Waals surface area contributed by atoms with Gasteiger partial charge in [0.1, 0.15) is 0 Å². The second-order valence-electron chi connectivity index (χ2n) is 12.3. The largest absolute Gasteiger partial charge is 0.309 e. The molecule has 0 N–H and O–H groups in total. The first-order chi connectivity index (χ1) is 24.3. The lowest BCUT2D eigenvalue weighted by Gasteiger charge is -2.21. The first-order valence-electron chi connectivity index (χ1n) is 16.3. The normalized spacial score (nSPS) is 11.2. The average Bonchev–Trinajstić information content (AvgIpc) is 3.50. The Morgan fingerprint density at radius 3 is 1.59 bits per heavy atom. The van der Waals surface area contributed by atoms with Gasteiger partial charge in [0.25, 0.3) is 0 Å². The minimum atomic E-state index is 0.596. The van der Waals surface area contributed by atoms with Crippen molar-refractivity contribution in [1.82, 2.24) is 4.57 Å². The van der Waals surface area contributed by atoms with Crippen molar-refractivity contribution in [2.24, 2.45) is 0 Å². The van der Waals surface area contributed by atoms with Gasteiger partial charge >= 0.3 is 0 Å². The summed E-state index contributed by atoms with van der Waals surface area (Å²) >= 11 is 0. The lowest BCUT2D eigenvalue weighted by atomic mass is 9.83. The van der Waals surface area contributed by atoms with Crippen molar-refractivity contribution in [2.45, 2.75) is 0 Å². The smallest absolute Gasteiger partial charge is 0.0998 e. The molecule has 1 heterocycles. The summed E-state index contributed by atoms with van der Waals surface area (Å²) in [4.78, 5) is 0. The molecule has 0 bridgehead atoms. The molecule has 0 saturated heterocycles. The number of nitriles is 2. The topological polar surface area (TPSA) is 52.5 Å². The van der Waals surface area contributed by atoms with Crippen LogP contribution in [-0.4, -0.2) is 4.57 Å². The zero-order chi connectivity index (χ0) is 32.9. The molecule has 0 aliphatic heterocycles. The number of para-hydroxylation sites is 1. The van der Waals surface area contributed by atoms with Crippen molar-refractivity contribution in [1.29, 1.82) is 10.5 Å². The molecular weight excluding hydrogens is 595 g/mol. The van der Waals surface area contributed by atoms with Gasteiger partial charge in [-0.2, -0.15) is 10.5 Å². The SMILES string of the molecule is N#Cc1ccc2c(c1)c1ccccc1n2-c1cccc(C#N)c1-c1ccccc1-c1c2ccccc2c(-c2ccccc2)c2ccccc12. The van der Waals surface area contributed by atoms with Crippen LogP contribution in [0.1, 0.15) is 11.1 Å². The van der Waals surface area contributed by atoms with E-state index in [1.165, 1.54) is 21.9 Å². The van der Waals surface area contributed by atoms with E-state index in [1.54, 1.807) is 0 Å². The number of hydrogen-bond donors (Lipinski definition) is 0. The van der Waals surface area contributed by atoms with E-state index in [0.29, 0.717) is 11.1 Å². The second-order valence-corrected chi connectivity index (χ2v) is 12.3. The molecule has 0 saturated carbocycles. The van der Waals surface area contributed by atoms with Gasteiger partial charge in [-0.15, -0.1) is 0 Å². The fourth-order valence-electron chi connectivity index (χ4n) is 7.66. The van der Waals surface area contributed by atoms with Crippen LogP contribution in [-0.2, 0) is 0 Å². The summed E-state index contributed by atoms with van der Waals surface area (Å²) in [6.45, 7) is 0. The van der Waals surface area contributed by atoms with E-state index in [0.717, 1.165) is 60.5 Å². The lowest BCUT2D eigenvalue weighted by molar-refractivity contribution is 1.18. The summed E-state index contributed by atoms with van der Waals surface area (Å²) in [6.07, 6.45) is 0. The average molecular weight is 622 g/mol. The summed E-state index contributed by atoms with van der Waals surface area (Å²) < 4.78 is 2.24. The van der Waals surface area contributed by atoms with Crippen LogP contribution in [0.2, 0.25) is 0 Å². The quantitative estimate of drug-likeness (QED) is 0.184.